The maximum atomic E-state index is 12.4. The summed E-state index contributed by atoms with van der Waals surface area (Å²) in [7, 11) is -3.22. The SMILES string of the molecule is COc1cc(Cl)nc(NC(=O)NS(=O)(=O)c2ccccc2OC(F)F)n1. The highest BCUT2D eigenvalue weighted by molar-refractivity contribution is 7.90. The molecular formula is C13H11ClF2N4O5S. The molecule has 13 heteroatoms. The van der Waals surface area contributed by atoms with Gasteiger partial charge in [0.15, 0.2) is 0 Å². The van der Waals surface area contributed by atoms with Gasteiger partial charge in [0.2, 0.25) is 11.8 Å². The van der Waals surface area contributed by atoms with Crippen LogP contribution in [-0.4, -0.2) is 38.1 Å². The van der Waals surface area contributed by atoms with Gasteiger partial charge in [0.25, 0.3) is 10.0 Å². The van der Waals surface area contributed by atoms with Gasteiger partial charge in [-0.1, -0.05) is 23.7 Å². The van der Waals surface area contributed by atoms with Crippen LogP contribution in [0.1, 0.15) is 0 Å². The first-order valence-electron chi connectivity index (χ1n) is 6.67. The van der Waals surface area contributed by atoms with Crippen molar-refractivity contribution in [2.75, 3.05) is 12.4 Å². The van der Waals surface area contributed by atoms with Crippen LogP contribution in [0.15, 0.2) is 35.2 Å². The number of nitrogens with zero attached hydrogens (tertiary/aromatic N) is 2. The summed E-state index contributed by atoms with van der Waals surface area (Å²) in [6.45, 7) is -3.24. The van der Waals surface area contributed by atoms with Gasteiger partial charge in [0.05, 0.1) is 7.11 Å². The molecule has 0 aliphatic carbocycles. The van der Waals surface area contributed by atoms with Crippen LogP contribution < -0.4 is 19.5 Å². The molecule has 1 heterocycles. The van der Waals surface area contributed by atoms with Crippen LogP contribution in [0.3, 0.4) is 0 Å². The lowest BCUT2D eigenvalue weighted by Crippen LogP contribution is -2.35. The van der Waals surface area contributed by atoms with E-state index in [0.29, 0.717) is 0 Å². The zero-order valence-electron chi connectivity index (χ0n) is 12.9. The molecule has 0 saturated heterocycles. The molecule has 0 spiro atoms. The lowest BCUT2D eigenvalue weighted by atomic mass is 10.3. The van der Waals surface area contributed by atoms with E-state index in [0.717, 1.165) is 12.1 Å². The Morgan fingerprint density at radius 3 is 2.62 bits per heavy atom. The number of carbonyl (C=O) groups excluding carboxylic acids is 1. The van der Waals surface area contributed by atoms with Crippen molar-refractivity contribution < 1.29 is 31.5 Å². The number of methoxy groups -OCH3 is 1. The molecule has 0 unspecified atom stereocenters. The molecule has 26 heavy (non-hydrogen) atoms. The third kappa shape index (κ3) is 5.13. The van der Waals surface area contributed by atoms with Gasteiger partial charge in [-0.15, -0.1) is 0 Å². The average Bonchev–Trinajstić information content (AvgIpc) is 2.53. The molecule has 2 N–H and O–H groups in total. The van der Waals surface area contributed by atoms with Gasteiger partial charge in [-0.2, -0.15) is 13.8 Å². The van der Waals surface area contributed by atoms with Crippen LogP contribution >= 0.6 is 11.6 Å². The smallest absolute Gasteiger partial charge is 0.387 e. The molecule has 0 aliphatic heterocycles. The largest absolute Gasteiger partial charge is 0.481 e. The van der Waals surface area contributed by atoms with E-state index < -0.39 is 33.3 Å². The zero-order chi connectivity index (χ0) is 19.3. The van der Waals surface area contributed by atoms with E-state index in [2.05, 4.69) is 14.7 Å². The Balaban J connectivity index is 2.19. The fourth-order valence-electron chi connectivity index (χ4n) is 1.73. The normalized spacial score (nSPS) is 11.1. The van der Waals surface area contributed by atoms with Crippen LogP contribution in [0, 0.1) is 0 Å². The quantitative estimate of drug-likeness (QED) is 0.703. The summed E-state index contributed by atoms with van der Waals surface area (Å²) in [6, 6.07) is 4.59. The third-order valence-electron chi connectivity index (χ3n) is 2.69. The number of hydrogen-bond donors (Lipinski definition) is 2. The maximum Gasteiger partial charge on any atom is 0.387 e. The number of para-hydroxylation sites is 1. The first kappa shape index (κ1) is 19.6. The van der Waals surface area contributed by atoms with Crippen molar-refractivity contribution in [3.05, 3.63) is 35.5 Å². The van der Waals surface area contributed by atoms with Crippen LogP contribution in [-0.2, 0) is 10.0 Å². The molecule has 0 atom stereocenters. The summed E-state index contributed by atoms with van der Waals surface area (Å²) in [6.07, 6.45) is 0. The van der Waals surface area contributed by atoms with E-state index >= 15 is 0 Å². The predicted octanol–water partition coefficient (Wildman–Crippen LogP) is 2.25. The van der Waals surface area contributed by atoms with Gasteiger partial charge >= 0.3 is 12.6 Å². The highest BCUT2D eigenvalue weighted by Crippen LogP contribution is 2.25. The maximum absolute atomic E-state index is 12.4. The molecule has 1 aromatic heterocycles. The topological polar surface area (TPSA) is 120 Å². The Bertz CT molecular complexity index is 913. The number of nitrogens with one attached hydrogen (secondary N) is 2. The Morgan fingerprint density at radius 1 is 1.27 bits per heavy atom. The summed E-state index contributed by atoms with van der Waals surface area (Å²) >= 11 is 5.70. The fourth-order valence-corrected chi connectivity index (χ4v) is 2.94. The number of halogens is 3. The summed E-state index contributed by atoms with van der Waals surface area (Å²) in [4.78, 5) is 18.6. The molecular weight excluding hydrogens is 398 g/mol. The van der Waals surface area contributed by atoms with Gasteiger partial charge in [-0.05, 0) is 12.1 Å². The van der Waals surface area contributed by atoms with Crippen LogP contribution in [0.25, 0.3) is 0 Å². The van der Waals surface area contributed by atoms with Crippen molar-refractivity contribution in [2.24, 2.45) is 0 Å². The molecule has 1 aromatic carbocycles. The number of alkyl halides is 2. The molecule has 2 aromatic rings. The predicted molar refractivity (Wildman–Crippen MR) is 86.0 cm³/mol. The minimum absolute atomic E-state index is 0.0267. The fraction of sp³-hybridized carbons (Fsp3) is 0.154. The molecule has 0 fully saturated rings. The lowest BCUT2D eigenvalue weighted by Gasteiger charge is -2.12. The number of ether oxygens (including phenoxy) is 2. The van der Waals surface area contributed by atoms with E-state index in [1.54, 1.807) is 4.72 Å². The average molecular weight is 409 g/mol. The Kier molecular flexibility index (Phi) is 6.10. The van der Waals surface area contributed by atoms with Crippen molar-refractivity contribution in [1.29, 1.82) is 0 Å². The Labute approximate surface area is 151 Å². The molecule has 2 rings (SSSR count). The van der Waals surface area contributed by atoms with Gasteiger partial charge in [-0.3, -0.25) is 5.32 Å². The van der Waals surface area contributed by atoms with Gasteiger partial charge in [0.1, 0.15) is 15.8 Å². The highest BCUT2D eigenvalue weighted by atomic mass is 35.5. The molecule has 140 valence electrons. The van der Waals surface area contributed by atoms with Crippen molar-refractivity contribution in [1.82, 2.24) is 14.7 Å². The first-order valence-corrected chi connectivity index (χ1v) is 8.53. The second-order valence-corrected chi connectivity index (χ2v) is 6.48. The number of aromatic nitrogens is 2. The zero-order valence-corrected chi connectivity index (χ0v) is 14.5. The summed E-state index contributed by atoms with van der Waals surface area (Å²) in [5.41, 5.74) is 0. The van der Waals surface area contributed by atoms with E-state index in [-0.39, 0.29) is 17.0 Å². The summed E-state index contributed by atoms with van der Waals surface area (Å²) < 4.78 is 59.8. The molecule has 0 aliphatic rings. The number of hydrogen-bond acceptors (Lipinski definition) is 7. The standard InChI is InChI=1S/C13H11ClF2N4O5S/c1-24-10-6-9(14)17-12(18-10)19-13(21)20-26(22,23)8-5-3-2-4-7(8)25-11(15)16/h2-6,11H,1H3,(H2,17,18,19,20,21). The Morgan fingerprint density at radius 2 is 1.96 bits per heavy atom. The second-order valence-electron chi connectivity index (χ2n) is 4.44. The second kappa shape index (κ2) is 8.10. The first-order chi connectivity index (χ1) is 12.2. The molecule has 0 radical (unpaired) electrons. The molecule has 2 amide bonds. The number of sulfonamides is 1. The van der Waals surface area contributed by atoms with Crippen molar-refractivity contribution in [2.45, 2.75) is 11.5 Å². The number of amides is 2. The minimum Gasteiger partial charge on any atom is -0.481 e. The summed E-state index contributed by atoms with van der Waals surface area (Å²) in [5, 5.41) is 1.97. The number of anilines is 1. The molecule has 0 bridgehead atoms. The van der Waals surface area contributed by atoms with Crippen LogP contribution in [0.4, 0.5) is 19.5 Å². The van der Waals surface area contributed by atoms with Crippen LogP contribution in [0.5, 0.6) is 11.6 Å². The number of benzene rings is 1. The van der Waals surface area contributed by atoms with E-state index in [1.807, 2.05) is 5.32 Å². The van der Waals surface area contributed by atoms with Crippen molar-refractivity contribution >= 4 is 33.6 Å². The highest BCUT2D eigenvalue weighted by Gasteiger charge is 2.24. The third-order valence-corrected chi connectivity index (χ3v) is 4.25. The van der Waals surface area contributed by atoms with E-state index in [1.165, 1.54) is 25.3 Å². The number of urea groups is 1. The Hall–Kier alpha value is -2.73. The number of rotatable bonds is 6. The molecule has 9 nitrogen and oxygen atoms in total. The lowest BCUT2D eigenvalue weighted by molar-refractivity contribution is -0.0517. The van der Waals surface area contributed by atoms with E-state index in [4.69, 9.17) is 16.3 Å². The minimum atomic E-state index is -4.52. The van der Waals surface area contributed by atoms with Crippen LogP contribution in [0.2, 0.25) is 5.15 Å². The van der Waals surface area contributed by atoms with Gasteiger partial charge < -0.3 is 9.47 Å². The molecule has 0 saturated carbocycles. The van der Waals surface area contributed by atoms with Crippen molar-refractivity contribution in [3.8, 4) is 11.6 Å². The van der Waals surface area contributed by atoms with Crippen molar-refractivity contribution in [3.63, 3.8) is 0 Å². The van der Waals surface area contributed by atoms with E-state index in [9.17, 15) is 22.0 Å². The van der Waals surface area contributed by atoms with Gasteiger partial charge in [-0.25, -0.2) is 22.9 Å². The summed E-state index contributed by atoms with van der Waals surface area (Å²) in [5.74, 6) is -0.929. The number of carbonyl (C=O) groups is 1. The monoisotopic (exact) mass is 408 g/mol. The van der Waals surface area contributed by atoms with Gasteiger partial charge in [0, 0.05) is 6.07 Å².